The third-order valence-electron chi connectivity index (χ3n) is 4.21. The minimum atomic E-state index is -0.614. The number of hydrogen-bond acceptors (Lipinski definition) is 2. The van der Waals surface area contributed by atoms with E-state index < -0.39 is 11.4 Å². The monoisotopic (exact) mass is 223 g/mol. The summed E-state index contributed by atoms with van der Waals surface area (Å²) in [6.45, 7) is 3.66. The summed E-state index contributed by atoms with van der Waals surface area (Å²) in [6, 6.07) is 0.488. The number of allylic oxidation sites excluding steroid dienone is 1. The molecule has 2 aliphatic rings. The summed E-state index contributed by atoms with van der Waals surface area (Å²) in [4.78, 5) is 13.7. The van der Waals surface area contributed by atoms with Crippen LogP contribution in [0.3, 0.4) is 0 Å². The van der Waals surface area contributed by atoms with Crippen LogP contribution in [-0.2, 0) is 4.79 Å². The molecule has 1 N–H and O–H groups in total. The Bertz CT molecular complexity index is 300. The van der Waals surface area contributed by atoms with Gasteiger partial charge in [-0.3, -0.25) is 9.69 Å². The molecule has 0 spiro atoms. The number of carboxylic acids is 1. The molecule has 2 unspecified atom stereocenters. The van der Waals surface area contributed by atoms with Gasteiger partial charge in [0.25, 0.3) is 0 Å². The van der Waals surface area contributed by atoms with Crippen LogP contribution in [0.2, 0.25) is 0 Å². The van der Waals surface area contributed by atoms with E-state index in [1.807, 2.05) is 6.92 Å². The second-order valence-electron chi connectivity index (χ2n) is 5.09. The Hall–Kier alpha value is -0.830. The summed E-state index contributed by atoms with van der Waals surface area (Å²) < 4.78 is 0. The number of nitrogens with zero attached hydrogens (tertiary/aromatic N) is 1. The Labute approximate surface area is 97.1 Å². The van der Waals surface area contributed by atoms with Gasteiger partial charge in [-0.2, -0.15) is 0 Å². The highest BCUT2D eigenvalue weighted by Crippen LogP contribution is 2.36. The zero-order valence-electron chi connectivity index (χ0n) is 9.98. The predicted molar refractivity (Wildman–Crippen MR) is 63.3 cm³/mol. The fourth-order valence-electron chi connectivity index (χ4n) is 2.90. The molecule has 0 radical (unpaired) electrons. The average Bonchev–Trinajstić information content (AvgIpc) is 2.76. The second kappa shape index (κ2) is 4.58. The molecule has 3 nitrogen and oxygen atoms in total. The maximum Gasteiger partial charge on any atom is 0.310 e. The first-order valence-electron chi connectivity index (χ1n) is 6.32. The molecule has 2 rings (SSSR count). The first-order valence-corrected chi connectivity index (χ1v) is 6.32. The number of rotatable bonds is 3. The lowest BCUT2D eigenvalue weighted by molar-refractivity contribution is -0.148. The van der Waals surface area contributed by atoms with Crippen molar-refractivity contribution in [1.82, 2.24) is 4.90 Å². The lowest BCUT2D eigenvalue weighted by atomic mass is 9.84. The molecule has 1 fully saturated rings. The van der Waals surface area contributed by atoms with Crippen molar-refractivity contribution in [3.8, 4) is 0 Å². The Morgan fingerprint density at radius 3 is 2.94 bits per heavy atom. The highest BCUT2D eigenvalue weighted by Gasteiger charge is 2.44. The van der Waals surface area contributed by atoms with Crippen molar-refractivity contribution in [2.75, 3.05) is 13.1 Å². The standard InChI is InChI=1S/C13H21NO2/c1-2-13(12(15)16)8-9-14(10-13)11-6-4-3-5-7-11/h4,6,11H,2-3,5,7-10H2,1H3,(H,15,16). The van der Waals surface area contributed by atoms with Gasteiger partial charge < -0.3 is 5.11 Å². The van der Waals surface area contributed by atoms with E-state index in [0.717, 1.165) is 25.9 Å². The van der Waals surface area contributed by atoms with Crippen LogP contribution >= 0.6 is 0 Å². The van der Waals surface area contributed by atoms with Crippen molar-refractivity contribution in [3.63, 3.8) is 0 Å². The molecular weight excluding hydrogens is 202 g/mol. The van der Waals surface area contributed by atoms with Crippen molar-refractivity contribution in [2.24, 2.45) is 5.41 Å². The van der Waals surface area contributed by atoms with Crippen molar-refractivity contribution < 1.29 is 9.90 Å². The smallest absolute Gasteiger partial charge is 0.310 e. The first kappa shape index (κ1) is 11.6. The second-order valence-corrected chi connectivity index (χ2v) is 5.09. The topological polar surface area (TPSA) is 40.5 Å². The van der Waals surface area contributed by atoms with Crippen LogP contribution in [-0.4, -0.2) is 35.1 Å². The number of likely N-dealkylation sites (tertiary alicyclic amines) is 1. The fourth-order valence-corrected chi connectivity index (χ4v) is 2.90. The van der Waals surface area contributed by atoms with Gasteiger partial charge in [-0.1, -0.05) is 19.1 Å². The molecule has 1 saturated heterocycles. The normalized spacial score (nSPS) is 35.4. The summed E-state index contributed by atoms with van der Waals surface area (Å²) in [5.74, 6) is -0.614. The predicted octanol–water partition coefficient (Wildman–Crippen LogP) is 2.28. The van der Waals surface area contributed by atoms with Crippen LogP contribution in [0, 0.1) is 5.41 Å². The van der Waals surface area contributed by atoms with E-state index in [1.54, 1.807) is 0 Å². The number of carbonyl (C=O) groups is 1. The van der Waals surface area contributed by atoms with Gasteiger partial charge in [-0.25, -0.2) is 0 Å². The molecule has 3 heteroatoms. The van der Waals surface area contributed by atoms with Crippen molar-refractivity contribution >= 4 is 5.97 Å². The Balaban J connectivity index is 2.03. The maximum atomic E-state index is 11.3. The van der Waals surface area contributed by atoms with Gasteiger partial charge in [-0.15, -0.1) is 0 Å². The number of carboxylic acid groups (broad SMARTS) is 1. The van der Waals surface area contributed by atoms with E-state index >= 15 is 0 Å². The minimum Gasteiger partial charge on any atom is -0.481 e. The Kier molecular flexibility index (Phi) is 3.33. The molecule has 1 heterocycles. The third kappa shape index (κ3) is 2.01. The highest BCUT2D eigenvalue weighted by molar-refractivity contribution is 5.75. The van der Waals surface area contributed by atoms with Crippen molar-refractivity contribution in [2.45, 2.75) is 45.1 Å². The van der Waals surface area contributed by atoms with Crippen LogP contribution in [0.25, 0.3) is 0 Å². The minimum absolute atomic E-state index is 0.481. The van der Waals surface area contributed by atoms with Crippen LogP contribution in [0.5, 0.6) is 0 Å². The van der Waals surface area contributed by atoms with Gasteiger partial charge in [0.15, 0.2) is 0 Å². The molecule has 1 aliphatic heterocycles. The number of aliphatic carboxylic acids is 1. The quantitative estimate of drug-likeness (QED) is 0.746. The average molecular weight is 223 g/mol. The van der Waals surface area contributed by atoms with Crippen LogP contribution < -0.4 is 0 Å². The Morgan fingerprint density at radius 1 is 1.62 bits per heavy atom. The molecule has 90 valence electrons. The van der Waals surface area contributed by atoms with Crippen LogP contribution in [0.1, 0.15) is 39.0 Å². The Morgan fingerprint density at radius 2 is 2.44 bits per heavy atom. The maximum absolute atomic E-state index is 11.3. The van der Waals surface area contributed by atoms with Crippen molar-refractivity contribution in [1.29, 1.82) is 0 Å². The van der Waals surface area contributed by atoms with Gasteiger partial charge in [0, 0.05) is 12.6 Å². The summed E-state index contributed by atoms with van der Waals surface area (Å²) in [5.41, 5.74) is -0.481. The largest absolute Gasteiger partial charge is 0.481 e. The van der Waals surface area contributed by atoms with Crippen LogP contribution in [0.15, 0.2) is 12.2 Å². The highest BCUT2D eigenvalue weighted by atomic mass is 16.4. The van der Waals surface area contributed by atoms with E-state index in [-0.39, 0.29) is 0 Å². The van der Waals surface area contributed by atoms with E-state index in [9.17, 15) is 9.90 Å². The molecule has 1 aliphatic carbocycles. The van der Waals surface area contributed by atoms with E-state index in [4.69, 9.17) is 0 Å². The molecular formula is C13H21NO2. The summed E-state index contributed by atoms with van der Waals surface area (Å²) in [7, 11) is 0. The van der Waals surface area contributed by atoms with E-state index in [0.29, 0.717) is 6.04 Å². The zero-order valence-corrected chi connectivity index (χ0v) is 9.98. The molecule has 0 aromatic rings. The molecule has 2 atom stereocenters. The molecule has 0 saturated carbocycles. The summed E-state index contributed by atoms with van der Waals surface area (Å²) in [6.07, 6.45) is 9.67. The summed E-state index contributed by atoms with van der Waals surface area (Å²) >= 11 is 0. The fraction of sp³-hybridized carbons (Fsp3) is 0.769. The van der Waals surface area contributed by atoms with E-state index in [2.05, 4.69) is 17.1 Å². The third-order valence-corrected chi connectivity index (χ3v) is 4.21. The van der Waals surface area contributed by atoms with E-state index in [1.165, 1.54) is 19.3 Å². The lowest BCUT2D eigenvalue weighted by Gasteiger charge is -2.29. The lowest BCUT2D eigenvalue weighted by Crippen LogP contribution is -2.38. The zero-order chi connectivity index (χ0) is 11.6. The van der Waals surface area contributed by atoms with Crippen molar-refractivity contribution in [3.05, 3.63) is 12.2 Å². The first-order chi connectivity index (χ1) is 7.68. The van der Waals surface area contributed by atoms with Gasteiger partial charge in [-0.05, 0) is 38.6 Å². The van der Waals surface area contributed by atoms with Crippen LogP contribution in [0.4, 0.5) is 0 Å². The van der Waals surface area contributed by atoms with Gasteiger partial charge in [0.1, 0.15) is 0 Å². The van der Waals surface area contributed by atoms with Gasteiger partial charge in [0.2, 0.25) is 0 Å². The molecule has 0 aromatic carbocycles. The number of hydrogen-bond donors (Lipinski definition) is 1. The summed E-state index contributed by atoms with van der Waals surface area (Å²) in [5, 5.41) is 9.34. The SMILES string of the molecule is CCC1(C(=O)O)CCN(C2C=CCCC2)C1. The molecule has 0 bridgehead atoms. The van der Waals surface area contributed by atoms with Gasteiger partial charge in [0.05, 0.1) is 5.41 Å². The molecule has 0 aromatic heterocycles. The van der Waals surface area contributed by atoms with Gasteiger partial charge >= 0.3 is 5.97 Å². The molecule has 16 heavy (non-hydrogen) atoms. The molecule has 0 amide bonds.